The van der Waals surface area contributed by atoms with Crippen LogP contribution in [0.4, 0.5) is 0 Å². The van der Waals surface area contributed by atoms with Crippen LogP contribution in [0.5, 0.6) is 0 Å². The van der Waals surface area contributed by atoms with E-state index in [9.17, 15) is 13.2 Å². The van der Waals surface area contributed by atoms with E-state index in [-0.39, 0.29) is 5.91 Å². The van der Waals surface area contributed by atoms with Gasteiger partial charge in [0.25, 0.3) is 5.91 Å². The topological polar surface area (TPSA) is 101 Å². The molecular formula is C13H21N3O3S. The molecule has 20 heavy (non-hydrogen) atoms. The Hall–Kier alpha value is -1.44. The molecule has 1 aromatic rings. The van der Waals surface area contributed by atoms with Gasteiger partial charge >= 0.3 is 0 Å². The van der Waals surface area contributed by atoms with Gasteiger partial charge in [-0.15, -0.1) is 0 Å². The summed E-state index contributed by atoms with van der Waals surface area (Å²) in [7, 11) is -3.16. The lowest BCUT2D eigenvalue weighted by atomic mass is 10.1. The maximum Gasteiger partial charge on any atom is 0.251 e. The van der Waals surface area contributed by atoms with Gasteiger partial charge in [0.2, 0.25) is 10.0 Å². The van der Waals surface area contributed by atoms with Crippen LogP contribution >= 0.6 is 0 Å². The number of rotatable bonds is 8. The highest BCUT2D eigenvalue weighted by Gasteiger charge is 2.05. The van der Waals surface area contributed by atoms with E-state index < -0.39 is 10.0 Å². The molecule has 1 aromatic carbocycles. The largest absolute Gasteiger partial charge is 0.352 e. The normalized spacial score (nSPS) is 11.3. The Labute approximate surface area is 119 Å². The number of benzene rings is 1. The Kier molecular flexibility index (Phi) is 6.63. The van der Waals surface area contributed by atoms with Crippen LogP contribution in [0.3, 0.4) is 0 Å². The zero-order valence-corrected chi connectivity index (χ0v) is 12.4. The Morgan fingerprint density at radius 2 is 1.85 bits per heavy atom. The first-order chi connectivity index (χ1) is 9.42. The minimum absolute atomic E-state index is 0.163. The van der Waals surface area contributed by atoms with Crippen molar-refractivity contribution in [3.63, 3.8) is 0 Å². The van der Waals surface area contributed by atoms with Crippen LogP contribution in [0.2, 0.25) is 0 Å². The molecule has 0 aliphatic heterocycles. The van der Waals surface area contributed by atoms with Crippen molar-refractivity contribution in [3.8, 4) is 0 Å². The molecule has 0 spiro atoms. The van der Waals surface area contributed by atoms with Crippen molar-refractivity contribution in [3.05, 3.63) is 35.4 Å². The van der Waals surface area contributed by atoms with Crippen LogP contribution in [-0.2, 0) is 16.4 Å². The van der Waals surface area contributed by atoms with Crippen molar-refractivity contribution in [2.24, 2.45) is 5.73 Å². The molecule has 1 rings (SSSR count). The lowest BCUT2D eigenvalue weighted by Gasteiger charge is -2.06. The molecule has 0 aliphatic rings. The van der Waals surface area contributed by atoms with Crippen molar-refractivity contribution in [2.45, 2.75) is 12.8 Å². The zero-order chi connectivity index (χ0) is 15.0. The molecule has 0 fully saturated rings. The number of hydrogen-bond donors (Lipinski definition) is 3. The summed E-state index contributed by atoms with van der Waals surface area (Å²) in [6.45, 7) is 1.32. The van der Waals surface area contributed by atoms with Crippen LogP contribution in [0.1, 0.15) is 22.3 Å². The SMILES string of the molecule is CS(=O)(=O)NCCCNC(=O)c1ccc(CCN)cc1. The Morgan fingerprint density at radius 3 is 2.40 bits per heavy atom. The van der Waals surface area contributed by atoms with Crippen molar-refractivity contribution in [2.75, 3.05) is 25.9 Å². The minimum Gasteiger partial charge on any atom is -0.352 e. The van der Waals surface area contributed by atoms with E-state index in [0.29, 0.717) is 31.6 Å². The van der Waals surface area contributed by atoms with Gasteiger partial charge in [0, 0.05) is 18.7 Å². The van der Waals surface area contributed by atoms with E-state index in [0.717, 1.165) is 18.2 Å². The molecule has 7 heteroatoms. The molecule has 1 amide bonds. The van der Waals surface area contributed by atoms with Gasteiger partial charge in [-0.3, -0.25) is 4.79 Å². The van der Waals surface area contributed by atoms with Gasteiger partial charge in [0.15, 0.2) is 0 Å². The fourth-order valence-electron chi connectivity index (χ4n) is 1.64. The maximum atomic E-state index is 11.8. The summed E-state index contributed by atoms with van der Waals surface area (Å²) >= 11 is 0. The second-order valence-electron chi connectivity index (χ2n) is 4.51. The highest BCUT2D eigenvalue weighted by atomic mass is 32.2. The predicted octanol–water partition coefficient (Wildman–Crippen LogP) is -0.143. The summed E-state index contributed by atoms with van der Waals surface area (Å²) in [6, 6.07) is 7.28. The zero-order valence-electron chi connectivity index (χ0n) is 11.6. The Morgan fingerprint density at radius 1 is 1.20 bits per heavy atom. The van der Waals surface area contributed by atoms with Gasteiger partial charge < -0.3 is 11.1 Å². The Bertz CT molecular complexity index is 526. The summed E-state index contributed by atoms with van der Waals surface area (Å²) in [6.07, 6.45) is 2.44. The number of nitrogens with two attached hydrogens (primary N) is 1. The highest BCUT2D eigenvalue weighted by molar-refractivity contribution is 7.88. The molecule has 0 saturated carbocycles. The van der Waals surface area contributed by atoms with E-state index in [2.05, 4.69) is 10.0 Å². The molecule has 0 unspecified atom stereocenters. The lowest BCUT2D eigenvalue weighted by Crippen LogP contribution is -2.29. The van der Waals surface area contributed by atoms with Crippen molar-refractivity contribution < 1.29 is 13.2 Å². The summed E-state index contributed by atoms with van der Waals surface area (Å²) in [5, 5.41) is 2.74. The second kappa shape index (κ2) is 7.98. The average Bonchev–Trinajstić information content (AvgIpc) is 2.38. The van der Waals surface area contributed by atoms with Crippen LogP contribution in [0.15, 0.2) is 24.3 Å². The van der Waals surface area contributed by atoms with Crippen LogP contribution in [0, 0.1) is 0 Å². The molecule has 0 aliphatic carbocycles. The molecule has 112 valence electrons. The number of hydrogen-bond acceptors (Lipinski definition) is 4. The third kappa shape index (κ3) is 6.65. The van der Waals surface area contributed by atoms with Crippen molar-refractivity contribution >= 4 is 15.9 Å². The number of amides is 1. The lowest BCUT2D eigenvalue weighted by molar-refractivity contribution is 0.0953. The van der Waals surface area contributed by atoms with E-state index in [1.807, 2.05) is 12.1 Å². The summed E-state index contributed by atoms with van der Waals surface area (Å²) < 4.78 is 24.0. The Balaban J connectivity index is 2.32. The third-order valence-corrected chi connectivity index (χ3v) is 3.38. The minimum atomic E-state index is -3.16. The monoisotopic (exact) mass is 299 g/mol. The van der Waals surface area contributed by atoms with E-state index in [1.54, 1.807) is 12.1 Å². The molecule has 0 atom stereocenters. The number of sulfonamides is 1. The smallest absolute Gasteiger partial charge is 0.251 e. The predicted molar refractivity (Wildman–Crippen MR) is 79.0 cm³/mol. The van der Waals surface area contributed by atoms with Crippen LogP contribution in [0.25, 0.3) is 0 Å². The van der Waals surface area contributed by atoms with Gasteiger partial charge in [-0.1, -0.05) is 12.1 Å². The number of carbonyl (C=O) groups excluding carboxylic acids is 1. The maximum absolute atomic E-state index is 11.8. The first-order valence-corrected chi connectivity index (χ1v) is 8.33. The molecule has 0 aromatic heterocycles. The first-order valence-electron chi connectivity index (χ1n) is 6.44. The standard InChI is InChI=1S/C13H21N3O3S/c1-20(18,19)16-10-2-9-15-13(17)12-5-3-11(4-6-12)7-8-14/h3-6,16H,2,7-10,14H2,1H3,(H,15,17). The summed E-state index contributed by atoms with van der Waals surface area (Å²) in [5.41, 5.74) is 7.14. The van der Waals surface area contributed by atoms with Crippen LogP contribution in [-0.4, -0.2) is 40.2 Å². The van der Waals surface area contributed by atoms with Crippen LogP contribution < -0.4 is 15.8 Å². The quantitative estimate of drug-likeness (QED) is 0.581. The fourth-order valence-corrected chi connectivity index (χ4v) is 2.15. The summed E-state index contributed by atoms with van der Waals surface area (Å²) in [4.78, 5) is 11.8. The average molecular weight is 299 g/mol. The van der Waals surface area contributed by atoms with E-state index >= 15 is 0 Å². The van der Waals surface area contributed by atoms with Gasteiger partial charge in [-0.05, 0) is 37.1 Å². The summed E-state index contributed by atoms with van der Waals surface area (Å²) in [5.74, 6) is -0.163. The van der Waals surface area contributed by atoms with Gasteiger partial charge in [-0.25, -0.2) is 13.1 Å². The first kappa shape index (κ1) is 16.6. The molecule has 4 N–H and O–H groups in total. The third-order valence-electron chi connectivity index (χ3n) is 2.65. The number of carbonyl (C=O) groups is 1. The van der Waals surface area contributed by atoms with Crippen molar-refractivity contribution in [1.29, 1.82) is 0 Å². The number of nitrogens with one attached hydrogen (secondary N) is 2. The van der Waals surface area contributed by atoms with Gasteiger partial charge in [0.1, 0.15) is 0 Å². The van der Waals surface area contributed by atoms with Gasteiger partial charge in [0.05, 0.1) is 6.26 Å². The van der Waals surface area contributed by atoms with Crippen molar-refractivity contribution in [1.82, 2.24) is 10.0 Å². The molecule has 0 bridgehead atoms. The highest BCUT2D eigenvalue weighted by Crippen LogP contribution is 2.04. The molecule has 6 nitrogen and oxygen atoms in total. The van der Waals surface area contributed by atoms with E-state index in [4.69, 9.17) is 5.73 Å². The molecule has 0 radical (unpaired) electrons. The fraction of sp³-hybridized carbons (Fsp3) is 0.462. The molecular weight excluding hydrogens is 278 g/mol. The second-order valence-corrected chi connectivity index (χ2v) is 6.34. The van der Waals surface area contributed by atoms with Gasteiger partial charge in [-0.2, -0.15) is 0 Å². The molecule has 0 saturated heterocycles. The van der Waals surface area contributed by atoms with E-state index in [1.165, 1.54) is 0 Å². The molecule has 0 heterocycles.